The third kappa shape index (κ3) is 28.6. The Labute approximate surface area is 812 Å². The number of fused-ring (bicyclic) bond motifs is 2. The molecule has 18 aromatic rings. The van der Waals surface area contributed by atoms with Gasteiger partial charge < -0.3 is 11.5 Å². The van der Waals surface area contributed by atoms with E-state index in [-0.39, 0.29) is 43.4 Å². The number of aromatic nitrogens is 8. The number of unbranched alkanes of at least 4 members (excludes halogenated alkanes) is 3. The molecule has 0 unspecified atom stereocenters. The molecule has 0 saturated heterocycles. The van der Waals surface area contributed by atoms with Gasteiger partial charge >= 0.3 is 122 Å². The molecule has 0 fully saturated rings. The van der Waals surface area contributed by atoms with Gasteiger partial charge in [-0.2, -0.15) is 9.97 Å². The second-order valence-corrected chi connectivity index (χ2v) is 56.1. The van der Waals surface area contributed by atoms with Gasteiger partial charge in [0.1, 0.15) is 16.3 Å². The zero-order valence-electron chi connectivity index (χ0n) is 75.2. The van der Waals surface area contributed by atoms with E-state index >= 15 is 0 Å². The number of hydrogen-bond donors (Lipinski definition) is 2. The molecule has 12 nitrogen and oxygen atoms in total. The van der Waals surface area contributed by atoms with Crippen molar-refractivity contribution >= 4 is 189 Å². The maximum atomic E-state index is 12.6. The van der Waals surface area contributed by atoms with Crippen LogP contribution < -0.4 is 89.3 Å². The Hall–Kier alpha value is -10.3. The first-order chi connectivity index (χ1) is 63.7. The van der Waals surface area contributed by atoms with Crippen LogP contribution in [0.2, 0.25) is 13.3 Å². The normalized spacial score (nSPS) is 10.8. The van der Waals surface area contributed by atoms with E-state index < -0.39 is 50.1 Å². The summed E-state index contributed by atoms with van der Waals surface area (Å²) in [5.74, 6) is 0.368. The molecule has 0 saturated carbocycles. The quantitative estimate of drug-likeness (QED) is 0.0414. The molecule has 0 aliphatic heterocycles. The van der Waals surface area contributed by atoms with E-state index in [1.54, 1.807) is 43.8 Å². The molecule has 18 rings (SSSR count). The van der Waals surface area contributed by atoms with Crippen molar-refractivity contribution in [3.8, 4) is 10.6 Å². The van der Waals surface area contributed by atoms with Gasteiger partial charge in [0.05, 0.1) is 21.4 Å². The van der Waals surface area contributed by atoms with Crippen molar-refractivity contribution in [3.05, 3.63) is 436 Å². The van der Waals surface area contributed by atoms with E-state index in [1.807, 2.05) is 50.6 Å². The van der Waals surface area contributed by atoms with Crippen LogP contribution in [0.3, 0.4) is 0 Å². The van der Waals surface area contributed by atoms with Crippen LogP contribution in [0.4, 0.5) is 11.9 Å². The molecular weight excluding hydrogens is 1990 g/mol. The molecule has 0 atom stereocenters. The number of nitrogen functional groups attached to an aromatic ring is 2. The molecule has 0 aliphatic carbocycles. The summed E-state index contributed by atoms with van der Waals surface area (Å²) in [4.78, 5) is 50.0. The summed E-state index contributed by atoms with van der Waals surface area (Å²) in [7, 11) is -1.78. The summed E-state index contributed by atoms with van der Waals surface area (Å²) in [5.41, 5.74) is 14.3. The third-order valence-corrected chi connectivity index (χ3v) is 51.5. The maximum absolute atomic E-state index is 12.6. The fraction of sp³-hybridized carbons (Fsp3) is 0.164. The molecule has 6 aromatic heterocycles. The Balaban J connectivity index is 0.000000147. The van der Waals surface area contributed by atoms with Crippen LogP contribution in [0, 0.1) is 13.8 Å². The van der Waals surface area contributed by atoms with Gasteiger partial charge in [-0.3, -0.25) is 18.7 Å². The molecule has 21 heteroatoms. The topological polar surface area (TPSA) is 173 Å². The van der Waals surface area contributed by atoms with Crippen LogP contribution in [-0.2, 0) is 33.5 Å². The van der Waals surface area contributed by atoms with Crippen LogP contribution >= 0.6 is 70.3 Å². The van der Waals surface area contributed by atoms with Crippen molar-refractivity contribution in [2.24, 2.45) is 0 Å². The first-order valence-electron chi connectivity index (χ1n) is 44.4. The van der Waals surface area contributed by atoms with Crippen molar-refractivity contribution in [2.75, 3.05) is 11.5 Å². The van der Waals surface area contributed by atoms with E-state index in [9.17, 15) is 9.59 Å². The molecule has 6 heterocycles. The third-order valence-electron chi connectivity index (χ3n) is 21.6. The van der Waals surface area contributed by atoms with Gasteiger partial charge in [0.25, 0.3) is 11.1 Å². The summed E-state index contributed by atoms with van der Waals surface area (Å²) < 4.78 is 9.93. The molecule has 4 N–H and O–H groups in total. The number of thiazole rings is 2. The second-order valence-electron chi connectivity index (χ2n) is 30.6. The SMILES string of the molecule is CCC[CH2][Sn]([CH2]CCC)([CH2]CCC)[c]1nccs1.CCn1c(=O)c(-c2nccs2)cc2c(C)nc(N)nc21.CCn1c(=O)c(Br)cc2c(C)nc(N)nc21.[Pd].c1ccc(P(c2ccccc2)c2ccccc2)cc1.c1ccc(P(c2ccccc2)c2ccccc2)cc1.c1ccc(P(c2ccccc2)c2ccccc2)cc1.c1ccc(P(c2ccccc2)c2ccccc2)cc1. The molecule has 0 amide bonds. The second kappa shape index (κ2) is 54.0. The predicted octanol–water partition coefficient (Wildman–Crippen LogP) is 22.3. The Morgan fingerprint density at radius 3 is 0.786 bits per heavy atom. The number of nitrogens with two attached hydrogens (primary N) is 2. The van der Waals surface area contributed by atoms with Gasteiger partial charge in [0.2, 0.25) is 11.9 Å². The fourth-order valence-corrected chi connectivity index (χ4v) is 44.8. The summed E-state index contributed by atoms with van der Waals surface area (Å²) in [6, 6.07) is 133. The molecule has 131 heavy (non-hydrogen) atoms. The van der Waals surface area contributed by atoms with Crippen LogP contribution in [0.5, 0.6) is 0 Å². The Kier molecular flexibility index (Phi) is 41.8. The largest absolute Gasteiger partial charge is 0.368 e. The zero-order chi connectivity index (χ0) is 91.1. The Bertz CT molecular complexity index is 5590. The molecule has 0 aliphatic rings. The number of hydrogen-bond acceptors (Lipinski definition) is 12. The van der Waals surface area contributed by atoms with Gasteiger partial charge in [0, 0.05) is 55.9 Å². The van der Waals surface area contributed by atoms with Crippen molar-refractivity contribution in [3.63, 3.8) is 0 Å². The van der Waals surface area contributed by atoms with Crippen LogP contribution in [0.25, 0.3) is 32.6 Å². The molecule has 668 valence electrons. The predicted molar refractivity (Wildman–Crippen MR) is 573 cm³/mol. The average molecular weight is 2100 g/mol. The van der Waals surface area contributed by atoms with Gasteiger partial charge in [-0.1, -0.05) is 364 Å². The molecular formula is C110H113BrN10O2P4PdS2Sn. The monoisotopic (exact) mass is 2100 g/mol. The molecule has 0 spiro atoms. The van der Waals surface area contributed by atoms with E-state index in [0.29, 0.717) is 39.4 Å². The Morgan fingerprint density at radius 1 is 0.328 bits per heavy atom. The van der Waals surface area contributed by atoms with Gasteiger partial charge in [-0.15, -0.1) is 11.3 Å². The summed E-state index contributed by atoms with van der Waals surface area (Å²) in [6.45, 7) is 15.6. The van der Waals surface area contributed by atoms with E-state index in [0.717, 1.165) is 22.2 Å². The van der Waals surface area contributed by atoms with Crippen molar-refractivity contribution in [1.82, 2.24) is 39.0 Å². The summed E-state index contributed by atoms with van der Waals surface area (Å²) >= 11 is 4.52. The van der Waals surface area contributed by atoms with Crippen molar-refractivity contribution < 1.29 is 20.4 Å². The zero-order valence-corrected chi connectivity index (χ0v) is 86.4. The van der Waals surface area contributed by atoms with Crippen molar-refractivity contribution in [1.29, 1.82) is 0 Å². The van der Waals surface area contributed by atoms with Crippen molar-refractivity contribution in [2.45, 2.75) is 113 Å². The van der Waals surface area contributed by atoms with Crippen LogP contribution in [0.15, 0.2) is 413 Å². The minimum Gasteiger partial charge on any atom is -0.368 e. The Morgan fingerprint density at radius 2 is 0.565 bits per heavy atom. The number of halogens is 1. The van der Waals surface area contributed by atoms with Gasteiger partial charge in [0.15, 0.2) is 0 Å². The maximum Gasteiger partial charge on any atom is 0.266 e. The summed E-state index contributed by atoms with van der Waals surface area (Å²) in [6.07, 6.45) is 12.1. The average Bonchev–Trinajstić information content (AvgIpc) is 1.65. The fourth-order valence-electron chi connectivity index (χ4n) is 15.3. The van der Waals surface area contributed by atoms with Crippen LogP contribution in [-0.4, -0.2) is 57.4 Å². The summed E-state index contributed by atoms with van der Waals surface area (Å²) in [5, 5.41) is 23.2. The smallest absolute Gasteiger partial charge is 0.266 e. The molecule has 0 bridgehead atoms. The number of anilines is 2. The number of aryl methyl sites for hydroxylation is 4. The van der Waals surface area contributed by atoms with Gasteiger partial charge in [-0.25, -0.2) is 15.0 Å². The first kappa shape index (κ1) is 101. The molecule has 12 aromatic carbocycles. The number of pyridine rings is 2. The molecule has 0 radical (unpaired) electrons. The van der Waals surface area contributed by atoms with E-state index in [1.165, 1.54) is 114 Å². The number of benzene rings is 12. The van der Waals surface area contributed by atoms with E-state index in [4.69, 9.17) is 16.5 Å². The van der Waals surface area contributed by atoms with Crippen LogP contribution in [0.1, 0.15) is 84.5 Å². The van der Waals surface area contributed by atoms with E-state index in [2.05, 4.69) is 431 Å². The number of nitrogens with zero attached hydrogens (tertiary/aromatic N) is 8. The standard InChI is InChI=1S/4C18H15P.C13H13N5OS.C10H11BrN4O.3C4H9.C3H2NS.Pd.Sn/c4*1-4-10-16(11-5-1)19(17-12-6-2-7-13-17)18-14-8-3-9-15-18;1-3-18-10-8(7(2)16-13(14)17-10)6-9(12(18)19)11-15-4-5-20-11;1-3-15-8-6(4-7(11)9(15)16)5(2)13-10(12)14-8;3*1-3-4-2;1-2-5-3-4-1;;/h4*1-15H;4-6H,3H2,1-2H3,(H2,14,16,17);4H,3H2,1-2H3,(H2,12,13,14);3*1,3-4H2,2H3;1-2H;;. The minimum atomic E-state index is -2.12. The van der Waals surface area contributed by atoms with Gasteiger partial charge in [-0.05, 0) is 151 Å². The first-order valence-corrected chi connectivity index (χ1v) is 59.8. The number of rotatable bonds is 25. The minimum absolute atomic E-state index is 0.